The van der Waals surface area contributed by atoms with Crippen molar-refractivity contribution in [3.05, 3.63) is 0 Å². The number of carbonyl (C=O) groups excluding carboxylic acids is 1. The molecule has 0 aromatic carbocycles. The molecule has 3 nitrogen and oxygen atoms in total. The van der Waals surface area contributed by atoms with Crippen LogP contribution in [0.25, 0.3) is 0 Å². The molecule has 0 aromatic heterocycles. The number of hydrogen-bond acceptors (Lipinski definition) is 2. The van der Waals surface area contributed by atoms with Crippen LogP contribution in [-0.4, -0.2) is 24.7 Å². The molecule has 92 valence electrons. The Morgan fingerprint density at radius 2 is 2.31 bits per heavy atom. The third-order valence-corrected chi connectivity index (χ3v) is 3.99. The van der Waals surface area contributed by atoms with Crippen LogP contribution in [0.4, 0.5) is 0 Å². The smallest absolute Gasteiger partial charge is 0.220 e. The summed E-state index contributed by atoms with van der Waals surface area (Å²) in [7, 11) is 0. The fourth-order valence-electron chi connectivity index (χ4n) is 3.30. The lowest BCUT2D eigenvalue weighted by Gasteiger charge is -2.40. The fraction of sp³-hybridized carbons (Fsp3) is 0.923. The van der Waals surface area contributed by atoms with Gasteiger partial charge in [0.05, 0.1) is 6.10 Å². The van der Waals surface area contributed by atoms with E-state index in [1.54, 1.807) is 0 Å². The lowest BCUT2D eigenvalue weighted by atomic mass is 9.70. The molecule has 3 atom stereocenters. The highest BCUT2D eigenvalue weighted by Gasteiger charge is 2.48. The summed E-state index contributed by atoms with van der Waals surface area (Å²) in [6.07, 6.45) is 4.17. The zero-order valence-corrected chi connectivity index (χ0v) is 10.6. The molecule has 0 saturated carbocycles. The monoisotopic (exact) mass is 225 g/mol. The van der Waals surface area contributed by atoms with Gasteiger partial charge in [0.25, 0.3) is 0 Å². The van der Waals surface area contributed by atoms with Gasteiger partial charge in [-0.3, -0.25) is 4.79 Å². The Labute approximate surface area is 97.9 Å². The quantitative estimate of drug-likeness (QED) is 0.781. The molecule has 2 aliphatic heterocycles. The Morgan fingerprint density at radius 1 is 1.56 bits per heavy atom. The molecular weight excluding hydrogens is 202 g/mol. The van der Waals surface area contributed by atoms with E-state index in [1.807, 2.05) is 0 Å². The summed E-state index contributed by atoms with van der Waals surface area (Å²) in [5.74, 6) is 0.873. The molecule has 1 N–H and O–H groups in total. The van der Waals surface area contributed by atoms with Crippen LogP contribution in [0, 0.1) is 11.3 Å². The molecule has 16 heavy (non-hydrogen) atoms. The van der Waals surface area contributed by atoms with E-state index in [1.165, 1.54) is 0 Å². The van der Waals surface area contributed by atoms with Crippen LogP contribution in [0.2, 0.25) is 0 Å². The molecule has 0 radical (unpaired) electrons. The number of rotatable bonds is 2. The van der Waals surface area contributed by atoms with Crippen LogP contribution in [0.5, 0.6) is 0 Å². The van der Waals surface area contributed by atoms with E-state index in [9.17, 15) is 4.79 Å². The standard InChI is InChI=1S/C13H23NO2/c1-9(2)6-11-13(8-12(15)14-11)4-5-16-10(3)7-13/h9-11H,4-8H2,1-3H3,(H,14,15). The van der Waals surface area contributed by atoms with Gasteiger partial charge < -0.3 is 10.1 Å². The van der Waals surface area contributed by atoms with Crippen molar-refractivity contribution in [1.82, 2.24) is 5.32 Å². The zero-order chi connectivity index (χ0) is 11.8. The maximum absolute atomic E-state index is 11.7. The predicted octanol–water partition coefficient (Wildman–Crippen LogP) is 2.11. The van der Waals surface area contributed by atoms with Gasteiger partial charge in [-0.05, 0) is 32.1 Å². The largest absolute Gasteiger partial charge is 0.378 e. The van der Waals surface area contributed by atoms with Gasteiger partial charge in [0, 0.05) is 24.5 Å². The summed E-state index contributed by atoms with van der Waals surface area (Å²) < 4.78 is 5.61. The third-order valence-electron chi connectivity index (χ3n) is 3.99. The van der Waals surface area contributed by atoms with Gasteiger partial charge in [-0.1, -0.05) is 13.8 Å². The van der Waals surface area contributed by atoms with Gasteiger partial charge in [-0.25, -0.2) is 0 Å². The second kappa shape index (κ2) is 4.36. The molecule has 0 aliphatic carbocycles. The lowest BCUT2D eigenvalue weighted by molar-refractivity contribution is -0.120. The molecule has 2 aliphatic rings. The molecule has 3 unspecified atom stereocenters. The van der Waals surface area contributed by atoms with E-state index >= 15 is 0 Å². The maximum atomic E-state index is 11.7. The summed E-state index contributed by atoms with van der Waals surface area (Å²) in [5.41, 5.74) is 0.180. The van der Waals surface area contributed by atoms with E-state index < -0.39 is 0 Å². The van der Waals surface area contributed by atoms with Crippen molar-refractivity contribution in [3.63, 3.8) is 0 Å². The number of nitrogens with one attached hydrogen (secondary N) is 1. The minimum atomic E-state index is 0.180. The molecule has 2 rings (SSSR count). The first kappa shape index (κ1) is 11.9. The highest BCUT2D eigenvalue weighted by molar-refractivity contribution is 5.80. The SMILES string of the molecule is CC(C)CC1NC(=O)CC12CCOC(C)C2. The maximum Gasteiger partial charge on any atom is 0.220 e. The molecule has 3 heteroatoms. The van der Waals surface area contributed by atoms with Gasteiger partial charge in [-0.15, -0.1) is 0 Å². The van der Waals surface area contributed by atoms with Crippen molar-refractivity contribution in [2.24, 2.45) is 11.3 Å². The topological polar surface area (TPSA) is 38.3 Å². The summed E-state index contributed by atoms with van der Waals surface area (Å²) in [6, 6.07) is 0.367. The average molecular weight is 225 g/mol. The Balaban J connectivity index is 2.12. The van der Waals surface area contributed by atoms with E-state index in [0.717, 1.165) is 25.9 Å². The van der Waals surface area contributed by atoms with Crippen LogP contribution in [0.1, 0.15) is 46.5 Å². The zero-order valence-electron chi connectivity index (χ0n) is 10.6. The third kappa shape index (κ3) is 2.24. The molecule has 1 amide bonds. The second-order valence-electron chi connectivity index (χ2n) is 5.92. The van der Waals surface area contributed by atoms with E-state index in [2.05, 4.69) is 26.1 Å². The Morgan fingerprint density at radius 3 is 2.94 bits per heavy atom. The van der Waals surface area contributed by atoms with Crippen molar-refractivity contribution in [2.75, 3.05) is 6.61 Å². The Hall–Kier alpha value is -0.570. The first-order valence-corrected chi connectivity index (χ1v) is 6.43. The molecule has 2 heterocycles. The lowest BCUT2D eigenvalue weighted by Crippen LogP contribution is -2.44. The average Bonchev–Trinajstić information content (AvgIpc) is 2.41. The number of ether oxygens (including phenoxy) is 1. The fourth-order valence-corrected chi connectivity index (χ4v) is 3.30. The van der Waals surface area contributed by atoms with E-state index in [0.29, 0.717) is 24.5 Å². The Kier molecular flexibility index (Phi) is 3.24. The number of amides is 1. The number of hydrogen-bond donors (Lipinski definition) is 1. The van der Waals surface area contributed by atoms with Crippen molar-refractivity contribution < 1.29 is 9.53 Å². The minimum Gasteiger partial charge on any atom is -0.378 e. The van der Waals surface area contributed by atoms with Crippen molar-refractivity contribution in [1.29, 1.82) is 0 Å². The first-order valence-electron chi connectivity index (χ1n) is 6.43. The molecule has 1 spiro atoms. The van der Waals surface area contributed by atoms with Gasteiger partial charge in [0.1, 0.15) is 0 Å². The highest BCUT2D eigenvalue weighted by Crippen LogP contribution is 2.45. The summed E-state index contributed by atoms with van der Waals surface area (Å²) in [5, 5.41) is 3.17. The molecule has 0 aromatic rings. The van der Waals surface area contributed by atoms with Gasteiger partial charge in [-0.2, -0.15) is 0 Å². The van der Waals surface area contributed by atoms with Crippen LogP contribution in [-0.2, 0) is 9.53 Å². The van der Waals surface area contributed by atoms with E-state index in [4.69, 9.17) is 4.74 Å². The summed E-state index contributed by atoms with van der Waals surface area (Å²) in [6.45, 7) is 7.38. The minimum absolute atomic E-state index is 0.180. The number of carbonyl (C=O) groups is 1. The molecule has 2 saturated heterocycles. The van der Waals surface area contributed by atoms with E-state index in [-0.39, 0.29) is 11.3 Å². The van der Waals surface area contributed by atoms with Gasteiger partial charge in [0.2, 0.25) is 5.91 Å². The van der Waals surface area contributed by atoms with Crippen LogP contribution < -0.4 is 5.32 Å². The first-order chi connectivity index (χ1) is 7.52. The van der Waals surface area contributed by atoms with Gasteiger partial charge in [0.15, 0.2) is 0 Å². The molecule has 2 fully saturated rings. The van der Waals surface area contributed by atoms with Crippen molar-refractivity contribution in [3.8, 4) is 0 Å². The summed E-state index contributed by atoms with van der Waals surface area (Å²) in [4.78, 5) is 11.7. The Bertz CT molecular complexity index is 277. The van der Waals surface area contributed by atoms with Crippen molar-refractivity contribution >= 4 is 5.91 Å². The second-order valence-corrected chi connectivity index (χ2v) is 5.92. The van der Waals surface area contributed by atoms with Crippen molar-refractivity contribution in [2.45, 2.75) is 58.6 Å². The predicted molar refractivity (Wildman–Crippen MR) is 63.1 cm³/mol. The normalized spacial score (nSPS) is 39.4. The highest BCUT2D eigenvalue weighted by atomic mass is 16.5. The summed E-state index contributed by atoms with van der Waals surface area (Å²) >= 11 is 0. The van der Waals surface area contributed by atoms with Gasteiger partial charge >= 0.3 is 0 Å². The van der Waals surface area contributed by atoms with Crippen LogP contribution in [0.15, 0.2) is 0 Å². The van der Waals surface area contributed by atoms with Crippen LogP contribution in [0.3, 0.4) is 0 Å². The molecule has 0 bridgehead atoms. The van der Waals surface area contributed by atoms with Crippen LogP contribution >= 0.6 is 0 Å². The molecular formula is C13H23NO2.